The van der Waals surface area contributed by atoms with Crippen LogP contribution in [0.3, 0.4) is 0 Å². The van der Waals surface area contributed by atoms with Gasteiger partial charge in [0, 0.05) is 19.0 Å². The highest BCUT2D eigenvalue weighted by atomic mass is 32.1. The summed E-state index contributed by atoms with van der Waals surface area (Å²) in [5, 5.41) is 4.54. The summed E-state index contributed by atoms with van der Waals surface area (Å²) in [6, 6.07) is 1.95. The van der Waals surface area contributed by atoms with E-state index >= 15 is 0 Å². The van der Waals surface area contributed by atoms with Gasteiger partial charge in [-0.2, -0.15) is 4.98 Å². The second kappa shape index (κ2) is 3.54. The quantitative estimate of drug-likeness (QED) is 0.841. The van der Waals surface area contributed by atoms with Gasteiger partial charge in [0.2, 0.25) is 0 Å². The third-order valence-electron chi connectivity index (χ3n) is 1.93. The molecule has 2 aromatic heterocycles. The molecule has 0 aliphatic heterocycles. The van der Waals surface area contributed by atoms with Crippen LogP contribution in [0, 0.1) is 6.92 Å². The molecule has 6 heteroatoms. The summed E-state index contributed by atoms with van der Waals surface area (Å²) < 4.78 is 5.13. The minimum atomic E-state index is 0.473. The largest absolute Gasteiger partial charge is 0.390 e. The van der Waals surface area contributed by atoms with Gasteiger partial charge in [-0.1, -0.05) is 0 Å². The van der Waals surface area contributed by atoms with Crippen molar-refractivity contribution in [2.45, 2.75) is 6.92 Å². The van der Waals surface area contributed by atoms with Crippen LogP contribution in [0.2, 0.25) is 0 Å². The van der Waals surface area contributed by atoms with Crippen LogP contribution in [-0.2, 0) is 0 Å². The minimum Gasteiger partial charge on any atom is -0.390 e. The molecule has 0 aliphatic rings. The molecule has 0 aliphatic carbocycles. The number of aryl methyl sites for hydroxylation is 1. The van der Waals surface area contributed by atoms with Crippen LogP contribution >= 0.6 is 11.3 Å². The van der Waals surface area contributed by atoms with E-state index in [-0.39, 0.29) is 0 Å². The van der Waals surface area contributed by atoms with Gasteiger partial charge < -0.3 is 15.2 Å². The number of thiophene rings is 1. The van der Waals surface area contributed by atoms with Crippen molar-refractivity contribution in [1.29, 1.82) is 0 Å². The van der Waals surface area contributed by atoms with Crippen LogP contribution in [0.15, 0.2) is 10.6 Å². The lowest BCUT2D eigenvalue weighted by Crippen LogP contribution is -2.10. The molecule has 0 radical (unpaired) electrons. The molecule has 80 valence electrons. The Morgan fingerprint density at radius 2 is 2.20 bits per heavy atom. The first-order chi connectivity index (χ1) is 7.08. The van der Waals surface area contributed by atoms with Crippen molar-refractivity contribution >= 4 is 22.3 Å². The van der Waals surface area contributed by atoms with Gasteiger partial charge in [0.05, 0.1) is 10.6 Å². The van der Waals surface area contributed by atoms with Crippen LogP contribution in [0.1, 0.15) is 4.88 Å². The molecule has 0 fully saturated rings. The zero-order valence-corrected chi connectivity index (χ0v) is 9.63. The zero-order chi connectivity index (χ0) is 11.0. The summed E-state index contributed by atoms with van der Waals surface area (Å²) in [6.45, 7) is 1.99. The monoisotopic (exact) mass is 224 g/mol. The Labute approximate surface area is 91.5 Å². The molecule has 2 aromatic rings. The fourth-order valence-electron chi connectivity index (χ4n) is 1.21. The summed E-state index contributed by atoms with van der Waals surface area (Å²) in [5.74, 6) is 1.02. The van der Waals surface area contributed by atoms with Crippen molar-refractivity contribution in [2.75, 3.05) is 24.7 Å². The molecule has 0 aromatic carbocycles. The van der Waals surface area contributed by atoms with Crippen molar-refractivity contribution in [3.05, 3.63) is 10.9 Å². The predicted molar refractivity (Wildman–Crippen MR) is 61.1 cm³/mol. The topological polar surface area (TPSA) is 68.2 Å². The molecule has 0 saturated carbocycles. The fraction of sp³-hybridized carbons (Fsp3) is 0.333. The summed E-state index contributed by atoms with van der Waals surface area (Å²) in [5.41, 5.74) is 6.65. The van der Waals surface area contributed by atoms with Gasteiger partial charge in [0.15, 0.2) is 0 Å². The highest BCUT2D eigenvalue weighted by Gasteiger charge is 2.14. The number of hydrogen-bond donors (Lipinski definition) is 1. The number of nitrogens with zero attached hydrogens (tertiary/aromatic N) is 3. The summed E-state index contributed by atoms with van der Waals surface area (Å²) in [4.78, 5) is 7.14. The maximum absolute atomic E-state index is 5.84. The number of nitrogen functional groups attached to an aromatic ring is 1. The number of aromatic nitrogens is 2. The van der Waals surface area contributed by atoms with Gasteiger partial charge in [0.1, 0.15) is 0 Å². The molecule has 0 bridgehead atoms. The Morgan fingerprint density at radius 1 is 1.47 bits per heavy atom. The normalized spacial score (nSPS) is 10.6. The number of rotatable bonds is 2. The molecule has 0 atom stereocenters. The SMILES string of the molecule is Cc1cc(-c2nc(N(C)C)no2)c(N)s1. The summed E-state index contributed by atoms with van der Waals surface area (Å²) in [6.07, 6.45) is 0. The lowest BCUT2D eigenvalue weighted by molar-refractivity contribution is 0.431. The first-order valence-electron chi connectivity index (χ1n) is 4.45. The van der Waals surface area contributed by atoms with Gasteiger partial charge in [-0.05, 0) is 18.1 Å². The van der Waals surface area contributed by atoms with Crippen LogP contribution in [-0.4, -0.2) is 24.2 Å². The Balaban J connectivity index is 2.41. The number of hydrogen-bond acceptors (Lipinski definition) is 6. The van der Waals surface area contributed by atoms with Crippen molar-refractivity contribution in [2.24, 2.45) is 0 Å². The second-order valence-corrected chi connectivity index (χ2v) is 4.72. The second-order valence-electron chi connectivity index (χ2n) is 3.43. The maximum Gasteiger partial charge on any atom is 0.265 e. The fourth-order valence-corrected chi connectivity index (χ4v) is 1.99. The van der Waals surface area contributed by atoms with Gasteiger partial charge in [-0.25, -0.2) is 0 Å². The van der Waals surface area contributed by atoms with Gasteiger partial charge >= 0.3 is 0 Å². The summed E-state index contributed by atoms with van der Waals surface area (Å²) >= 11 is 1.52. The van der Waals surface area contributed by atoms with E-state index in [0.29, 0.717) is 16.8 Å². The standard InChI is InChI=1S/C9H12N4OS/c1-5-4-6(7(10)15-5)8-11-9(12-14-8)13(2)3/h4H,10H2,1-3H3. The minimum absolute atomic E-state index is 0.473. The van der Waals surface area contributed by atoms with E-state index in [1.54, 1.807) is 4.90 Å². The Kier molecular flexibility index (Phi) is 2.36. The first-order valence-corrected chi connectivity index (χ1v) is 5.27. The molecule has 2 N–H and O–H groups in total. The Hall–Kier alpha value is -1.56. The molecular formula is C9H12N4OS. The number of nitrogens with two attached hydrogens (primary N) is 1. The first kappa shape index (κ1) is 9.97. The maximum atomic E-state index is 5.84. The molecule has 2 heterocycles. The molecule has 2 rings (SSSR count). The highest BCUT2D eigenvalue weighted by molar-refractivity contribution is 7.16. The average Bonchev–Trinajstić information content (AvgIpc) is 2.71. The zero-order valence-electron chi connectivity index (χ0n) is 8.81. The molecule has 0 saturated heterocycles. The molecule has 0 amide bonds. The van der Waals surface area contributed by atoms with E-state index in [1.165, 1.54) is 11.3 Å². The third-order valence-corrected chi connectivity index (χ3v) is 2.81. The van der Waals surface area contributed by atoms with Crippen LogP contribution < -0.4 is 10.6 Å². The van der Waals surface area contributed by atoms with Gasteiger partial charge in [-0.15, -0.1) is 11.3 Å². The highest BCUT2D eigenvalue weighted by Crippen LogP contribution is 2.32. The average molecular weight is 224 g/mol. The lowest BCUT2D eigenvalue weighted by Gasteiger charge is -2.02. The van der Waals surface area contributed by atoms with Crippen molar-refractivity contribution in [3.63, 3.8) is 0 Å². The van der Waals surface area contributed by atoms with Crippen molar-refractivity contribution in [3.8, 4) is 11.5 Å². The van der Waals surface area contributed by atoms with E-state index in [0.717, 1.165) is 10.4 Å². The van der Waals surface area contributed by atoms with E-state index in [2.05, 4.69) is 10.1 Å². The lowest BCUT2D eigenvalue weighted by atomic mass is 10.3. The van der Waals surface area contributed by atoms with E-state index in [1.807, 2.05) is 27.1 Å². The van der Waals surface area contributed by atoms with E-state index in [4.69, 9.17) is 10.3 Å². The Morgan fingerprint density at radius 3 is 2.67 bits per heavy atom. The third kappa shape index (κ3) is 1.80. The van der Waals surface area contributed by atoms with Crippen LogP contribution in [0.4, 0.5) is 10.9 Å². The molecule has 5 nitrogen and oxygen atoms in total. The van der Waals surface area contributed by atoms with Crippen LogP contribution in [0.5, 0.6) is 0 Å². The van der Waals surface area contributed by atoms with E-state index in [9.17, 15) is 0 Å². The molecular weight excluding hydrogens is 212 g/mol. The van der Waals surface area contributed by atoms with Gasteiger partial charge in [0.25, 0.3) is 11.8 Å². The Bertz CT molecular complexity index is 474. The van der Waals surface area contributed by atoms with E-state index < -0.39 is 0 Å². The smallest absolute Gasteiger partial charge is 0.265 e. The molecule has 15 heavy (non-hydrogen) atoms. The van der Waals surface area contributed by atoms with Crippen molar-refractivity contribution in [1.82, 2.24) is 10.1 Å². The number of anilines is 2. The summed E-state index contributed by atoms with van der Waals surface area (Å²) in [7, 11) is 3.72. The molecule has 0 unspecified atom stereocenters. The van der Waals surface area contributed by atoms with Gasteiger partial charge in [-0.3, -0.25) is 0 Å². The predicted octanol–water partition coefficient (Wildman–Crippen LogP) is 1.75. The molecule has 0 spiro atoms. The van der Waals surface area contributed by atoms with Crippen LogP contribution in [0.25, 0.3) is 11.5 Å². The van der Waals surface area contributed by atoms with Crippen molar-refractivity contribution < 1.29 is 4.52 Å².